The minimum Gasteiger partial charge on any atom is -0.423 e. The van der Waals surface area contributed by atoms with Gasteiger partial charge in [-0.25, -0.2) is 17.9 Å². The van der Waals surface area contributed by atoms with Crippen LogP contribution >= 0.6 is 12.4 Å². The molecule has 0 saturated heterocycles. The highest BCUT2D eigenvalue weighted by Crippen LogP contribution is 2.30. The zero-order valence-corrected chi connectivity index (χ0v) is 14.1. The number of hydrogen-bond acceptors (Lipinski definition) is 5. The molecule has 0 spiro atoms. The summed E-state index contributed by atoms with van der Waals surface area (Å²) in [6, 6.07) is 7.25. The highest BCUT2D eigenvalue weighted by Gasteiger charge is 2.36. The van der Waals surface area contributed by atoms with Crippen LogP contribution in [0, 0.1) is 0 Å². The van der Waals surface area contributed by atoms with Crippen LogP contribution in [0.3, 0.4) is 0 Å². The van der Waals surface area contributed by atoms with Crippen molar-refractivity contribution in [1.82, 2.24) is 4.72 Å². The molecule has 1 aliphatic rings. The topological polar surface area (TPSA) is 102 Å². The van der Waals surface area contributed by atoms with E-state index in [1.165, 1.54) is 24.3 Å². The molecule has 3 N–H and O–H groups in total. The lowest BCUT2D eigenvalue weighted by atomic mass is 10.0. The number of sulfonamides is 1. The molecule has 2 aromatic rings. The Kier molecular flexibility index (Phi) is 5.15. The van der Waals surface area contributed by atoms with Crippen molar-refractivity contribution in [3.8, 4) is 0 Å². The van der Waals surface area contributed by atoms with Gasteiger partial charge in [0.15, 0.2) is 0 Å². The average Bonchev–Trinajstić information content (AvgIpc) is 2.95. The molecule has 3 rings (SSSR count). The summed E-state index contributed by atoms with van der Waals surface area (Å²) in [5.41, 5.74) is 5.14. The lowest BCUT2D eigenvalue weighted by molar-refractivity contribution is 0.399. The maximum Gasteiger partial charge on any atom is 0.336 e. The number of nitrogens with two attached hydrogens (primary N) is 1. The van der Waals surface area contributed by atoms with Gasteiger partial charge in [-0.2, -0.15) is 0 Å². The van der Waals surface area contributed by atoms with Gasteiger partial charge >= 0.3 is 5.63 Å². The zero-order chi connectivity index (χ0) is 15.8. The Labute approximate surface area is 140 Å². The quantitative estimate of drug-likeness (QED) is 0.811. The Morgan fingerprint density at radius 1 is 1.17 bits per heavy atom. The monoisotopic (exact) mass is 358 g/mol. The van der Waals surface area contributed by atoms with Crippen LogP contribution in [0.2, 0.25) is 0 Å². The van der Waals surface area contributed by atoms with E-state index in [-0.39, 0.29) is 23.8 Å². The van der Waals surface area contributed by atoms with Crippen LogP contribution in [0.15, 0.2) is 44.4 Å². The summed E-state index contributed by atoms with van der Waals surface area (Å²) in [5, 5.41) is 0.565. The molecule has 1 saturated carbocycles. The highest BCUT2D eigenvalue weighted by molar-refractivity contribution is 7.89. The average molecular weight is 359 g/mol. The molecule has 1 heterocycles. The smallest absolute Gasteiger partial charge is 0.336 e. The van der Waals surface area contributed by atoms with Gasteiger partial charge in [0.05, 0.1) is 4.90 Å². The molecule has 0 bridgehead atoms. The number of halogens is 1. The normalized spacial score (nSPS) is 17.1. The molecule has 8 heteroatoms. The van der Waals surface area contributed by atoms with Crippen LogP contribution in [-0.2, 0) is 10.0 Å². The third kappa shape index (κ3) is 3.58. The number of hydrogen-bond donors (Lipinski definition) is 2. The Hall–Kier alpha value is -1.41. The molecular weight excluding hydrogens is 340 g/mol. The van der Waals surface area contributed by atoms with Crippen LogP contribution < -0.4 is 16.1 Å². The van der Waals surface area contributed by atoms with E-state index in [0.717, 1.165) is 25.7 Å². The number of nitrogens with one attached hydrogen (secondary N) is 1. The first-order chi connectivity index (χ1) is 10.4. The first kappa shape index (κ1) is 17.9. The van der Waals surface area contributed by atoms with Gasteiger partial charge in [-0.15, -0.1) is 12.4 Å². The lowest BCUT2D eigenvalue weighted by Gasteiger charge is -2.28. The van der Waals surface area contributed by atoms with Gasteiger partial charge in [0, 0.05) is 23.5 Å². The summed E-state index contributed by atoms with van der Waals surface area (Å²) in [6.07, 6.45) is 3.46. The molecule has 0 aliphatic heterocycles. The second-order valence-electron chi connectivity index (χ2n) is 5.75. The van der Waals surface area contributed by atoms with Crippen molar-refractivity contribution in [2.24, 2.45) is 5.73 Å². The van der Waals surface area contributed by atoms with Crippen LogP contribution in [0.25, 0.3) is 11.0 Å². The fourth-order valence-corrected chi connectivity index (χ4v) is 4.47. The molecule has 1 aromatic carbocycles. The van der Waals surface area contributed by atoms with E-state index in [2.05, 4.69) is 4.72 Å². The SMILES string of the molecule is Cl.NCC1(NS(=O)(=O)c2ccc3oc(=O)ccc3c2)CCCC1. The fraction of sp³-hybridized carbons (Fsp3) is 0.400. The molecule has 1 aromatic heterocycles. The number of rotatable bonds is 4. The van der Waals surface area contributed by atoms with Crippen molar-refractivity contribution in [2.75, 3.05) is 6.54 Å². The summed E-state index contributed by atoms with van der Waals surface area (Å²) >= 11 is 0. The van der Waals surface area contributed by atoms with Gasteiger partial charge in [0.1, 0.15) is 5.58 Å². The van der Waals surface area contributed by atoms with E-state index in [4.69, 9.17) is 10.2 Å². The Morgan fingerprint density at radius 3 is 2.52 bits per heavy atom. The van der Waals surface area contributed by atoms with E-state index in [1.807, 2.05) is 0 Å². The predicted octanol–water partition coefficient (Wildman–Crippen LogP) is 1.76. The minimum atomic E-state index is -3.67. The molecule has 126 valence electrons. The van der Waals surface area contributed by atoms with Crippen molar-refractivity contribution < 1.29 is 12.8 Å². The third-order valence-corrected chi connectivity index (χ3v) is 5.78. The summed E-state index contributed by atoms with van der Waals surface area (Å²) in [4.78, 5) is 11.3. The van der Waals surface area contributed by atoms with Crippen LogP contribution in [0.4, 0.5) is 0 Å². The predicted molar refractivity (Wildman–Crippen MR) is 90.3 cm³/mol. The number of fused-ring (bicyclic) bond motifs is 1. The van der Waals surface area contributed by atoms with Gasteiger partial charge in [0.25, 0.3) is 0 Å². The third-order valence-electron chi connectivity index (χ3n) is 4.20. The first-order valence-electron chi connectivity index (χ1n) is 7.22. The summed E-state index contributed by atoms with van der Waals surface area (Å²) < 4.78 is 33.0. The molecule has 23 heavy (non-hydrogen) atoms. The van der Waals surface area contributed by atoms with Gasteiger partial charge in [-0.1, -0.05) is 12.8 Å². The second-order valence-corrected chi connectivity index (χ2v) is 7.43. The van der Waals surface area contributed by atoms with E-state index < -0.39 is 21.2 Å². The Bertz CT molecular complexity index is 857. The molecule has 0 radical (unpaired) electrons. The summed E-state index contributed by atoms with van der Waals surface area (Å²) in [6.45, 7) is 0.286. The molecule has 0 amide bonds. The van der Waals surface area contributed by atoms with E-state index in [1.54, 1.807) is 6.07 Å². The van der Waals surface area contributed by atoms with E-state index >= 15 is 0 Å². The maximum atomic E-state index is 12.6. The van der Waals surface area contributed by atoms with Crippen molar-refractivity contribution in [2.45, 2.75) is 36.1 Å². The van der Waals surface area contributed by atoms with Gasteiger partial charge in [0.2, 0.25) is 10.0 Å². The first-order valence-corrected chi connectivity index (χ1v) is 8.70. The highest BCUT2D eigenvalue weighted by atomic mass is 35.5. The van der Waals surface area contributed by atoms with E-state index in [0.29, 0.717) is 11.0 Å². The largest absolute Gasteiger partial charge is 0.423 e. The molecular formula is C15H19ClN2O4S. The van der Waals surface area contributed by atoms with Crippen molar-refractivity contribution in [3.05, 3.63) is 40.8 Å². The standard InChI is InChI=1S/C15H18N2O4S.ClH/c16-10-15(7-1-2-8-15)17-22(19,20)12-4-5-13-11(9-12)3-6-14(18)21-13;/h3-6,9,17H,1-2,7-8,10,16H2;1H. The fourth-order valence-electron chi connectivity index (χ4n) is 2.96. The molecule has 6 nitrogen and oxygen atoms in total. The van der Waals surface area contributed by atoms with Gasteiger partial charge in [-0.05, 0) is 37.1 Å². The zero-order valence-electron chi connectivity index (χ0n) is 12.4. The molecule has 1 fully saturated rings. The van der Waals surface area contributed by atoms with Crippen molar-refractivity contribution in [1.29, 1.82) is 0 Å². The molecule has 1 aliphatic carbocycles. The Morgan fingerprint density at radius 2 is 1.87 bits per heavy atom. The van der Waals surface area contributed by atoms with Crippen LogP contribution in [0.5, 0.6) is 0 Å². The minimum absolute atomic E-state index is 0. The van der Waals surface area contributed by atoms with Crippen LogP contribution in [-0.4, -0.2) is 20.5 Å². The maximum absolute atomic E-state index is 12.6. The Balaban J connectivity index is 0.00000192. The second kappa shape index (κ2) is 6.60. The van der Waals surface area contributed by atoms with E-state index in [9.17, 15) is 13.2 Å². The van der Waals surface area contributed by atoms with Gasteiger partial charge < -0.3 is 10.2 Å². The molecule has 0 unspecified atom stereocenters. The van der Waals surface area contributed by atoms with Crippen molar-refractivity contribution in [3.63, 3.8) is 0 Å². The number of benzene rings is 1. The van der Waals surface area contributed by atoms with Gasteiger partial charge in [-0.3, -0.25) is 0 Å². The summed E-state index contributed by atoms with van der Waals surface area (Å²) in [5.74, 6) is 0. The molecule has 0 atom stereocenters. The summed E-state index contributed by atoms with van der Waals surface area (Å²) in [7, 11) is -3.67. The van der Waals surface area contributed by atoms with Crippen molar-refractivity contribution >= 4 is 33.4 Å². The van der Waals surface area contributed by atoms with Crippen LogP contribution in [0.1, 0.15) is 25.7 Å². The lowest BCUT2D eigenvalue weighted by Crippen LogP contribution is -2.51.